The van der Waals surface area contributed by atoms with E-state index in [-0.39, 0.29) is 0 Å². The van der Waals surface area contributed by atoms with E-state index in [9.17, 15) is 4.79 Å². The van der Waals surface area contributed by atoms with Crippen LogP contribution in [0, 0.1) is 0 Å². The molecule has 0 N–H and O–H groups in total. The van der Waals surface area contributed by atoms with Crippen LogP contribution >= 0.6 is 0 Å². The number of rotatable bonds is 2. The average molecular weight is 187 g/mol. The molecule has 0 amide bonds. The summed E-state index contributed by atoms with van der Waals surface area (Å²) in [4.78, 5) is 14.9. The molecule has 70 valence electrons. The molecule has 0 atom stereocenters. The van der Waals surface area contributed by atoms with Gasteiger partial charge in [0.1, 0.15) is 5.75 Å². The fourth-order valence-electron chi connectivity index (χ4n) is 1.38. The van der Waals surface area contributed by atoms with Crippen molar-refractivity contribution in [1.82, 2.24) is 4.98 Å². The van der Waals surface area contributed by atoms with Gasteiger partial charge in [0.15, 0.2) is 6.29 Å². The summed E-state index contributed by atoms with van der Waals surface area (Å²) < 4.78 is 5.08. The minimum atomic E-state index is 0.633. The van der Waals surface area contributed by atoms with Crippen LogP contribution in [0.1, 0.15) is 10.4 Å². The first kappa shape index (κ1) is 8.69. The van der Waals surface area contributed by atoms with E-state index >= 15 is 0 Å². The molecule has 0 saturated heterocycles. The van der Waals surface area contributed by atoms with Crippen molar-refractivity contribution in [2.24, 2.45) is 0 Å². The lowest BCUT2D eigenvalue weighted by Crippen LogP contribution is -1.88. The molecule has 3 heteroatoms. The highest BCUT2D eigenvalue weighted by atomic mass is 16.5. The van der Waals surface area contributed by atoms with Gasteiger partial charge in [-0.15, -0.1) is 0 Å². The van der Waals surface area contributed by atoms with Crippen LogP contribution in [-0.2, 0) is 0 Å². The summed E-state index contributed by atoms with van der Waals surface area (Å²) in [7, 11) is 1.60. The van der Waals surface area contributed by atoms with Crippen LogP contribution < -0.4 is 4.74 Å². The van der Waals surface area contributed by atoms with Crippen LogP contribution in [0.2, 0.25) is 0 Å². The molecule has 0 unspecified atom stereocenters. The smallest absolute Gasteiger partial charge is 0.150 e. The molecule has 2 rings (SSSR count). The Kier molecular flexibility index (Phi) is 2.14. The lowest BCUT2D eigenvalue weighted by molar-refractivity contribution is 0.112. The number of carbonyl (C=O) groups excluding carboxylic acids is 1. The van der Waals surface area contributed by atoms with Crippen LogP contribution in [0.5, 0.6) is 5.75 Å². The molecule has 0 fully saturated rings. The molecular formula is C11H9NO2. The molecule has 0 aliphatic carbocycles. The minimum Gasteiger partial charge on any atom is -0.497 e. The van der Waals surface area contributed by atoms with Crippen molar-refractivity contribution in [2.45, 2.75) is 0 Å². The second-order valence-electron chi connectivity index (χ2n) is 2.90. The largest absolute Gasteiger partial charge is 0.497 e. The second kappa shape index (κ2) is 3.46. The molecule has 0 radical (unpaired) electrons. The van der Waals surface area contributed by atoms with Gasteiger partial charge in [0.05, 0.1) is 12.6 Å². The predicted molar refractivity (Wildman–Crippen MR) is 53.7 cm³/mol. The highest BCUT2D eigenvalue weighted by Gasteiger charge is 2.01. The number of pyridine rings is 1. The van der Waals surface area contributed by atoms with E-state index in [0.29, 0.717) is 5.56 Å². The van der Waals surface area contributed by atoms with Gasteiger partial charge in [-0.1, -0.05) is 0 Å². The van der Waals surface area contributed by atoms with Crippen LogP contribution in [0.15, 0.2) is 30.5 Å². The second-order valence-corrected chi connectivity index (χ2v) is 2.90. The number of nitrogens with zero attached hydrogens (tertiary/aromatic N) is 1. The van der Waals surface area contributed by atoms with E-state index in [1.165, 1.54) is 0 Å². The molecule has 1 aromatic carbocycles. The zero-order valence-corrected chi connectivity index (χ0v) is 7.73. The van der Waals surface area contributed by atoms with Gasteiger partial charge in [0.2, 0.25) is 0 Å². The number of aldehydes is 1. The molecule has 14 heavy (non-hydrogen) atoms. The fraction of sp³-hybridized carbons (Fsp3) is 0.0909. The van der Waals surface area contributed by atoms with E-state index in [0.717, 1.165) is 22.9 Å². The van der Waals surface area contributed by atoms with E-state index in [2.05, 4.69) is 4.98 Å². The van der Waals surface area contributed by atoms with Crippen molar-refractivity contribution in [3.63, 3.8) is 0 Å². The number of fused-ring (bicyclic) bond motifs is 1. The van der Waals surface area contributed by atoms with Crippen molar-refractivity contribution in [1.29, 1.82) is 0 Å². The van der Waals surface area contributed by atoms with Gasteiger partial charge < -0.3 is 4.74 Å². The van der Waals surface area contributed by atoms with Gasteiger partial charge in [-0.3, -0.25) is 9.78 Å². The molecule has 0 aliphatic heterocycles. The van der Waals surface area contributed by atoms with E-state index in [4.69, 9.17) is 4.74 Å². The lowest BCUT2D eigenvalue weighted by Gasteiger charge is -2.02. The summed E-state index contributed by atoms with van der Waals surface area (Å²) in [5.74, 6) is 0.730. The standard InChI is InChI=1S/C11H9NO2/c1-14-9-2-3-11-10(6-9)8(7-13)4-5-12-11/h2-7H,1H3. The lowest BCUT2D eigenvalue weighted by atomic mass is 10.1. The number of carbonyl (C=O) groups is 1. The molecule has 0 aliphatic rings. The molecule has 0 saturated carbocycles. The Morgan fingerprint density at radius 3 is 2.93 bits per heavy atom. The van der Waals surface area contributed by atoms with Gasteiger partial charge in [0.25, 0.3) is 0 Å². The molecule has 0 bridgehead atoms. The van der Waals surface area contributed by atoms with E-state index in [1.807, 2.05) is 18.2 Å². The van der Waals surface area contributed by atoms with Gasteiger partial charge >= 0.3 is 0 Å². The topological polar surface area (TPSA) is 39.2 Å². The van der Waals surface area contributed by atoms with Crippen LogP contribution in [0.4, 0.5) is 0 Å². The number of benzene rings is 1. The third-order valence-corrected chi connectivity index (χ3v) is 2.11. The highest BCUT2D eigenvalue weighted by molar-refractivity contribution is 5.96. The SMILES string of the molecule is COc1ccc2nccc(C=O)c2c1. The van der Waals surface area contributed by atoms with E-state index in [1.54, 1.807) is 19.4 Å². The highest BCUT2D eigenvalue weighted by Crippen LogP contribution is 2.21. The van der Waals surface area contributed by atoms with Crippen LogP contribution in [-0.4, -0.2) is 18.4 Å². The van der Waals surface area contributed by atoms with Crippen LogP contribution in [0.3, 0.4) is 0 Å². The summed E-state index contributed by atoms with van der Waals surface area (Å²) in [5, 5.41) is 0.821. The monoisotopic (exact) mass is 187 g/mol. The Morgan fingerprint density at radius 2 is 2.21 bits per heavy atom. The maximum atomic E-state index is 10.8. The third-order valence-electron chi connectivity index (χ3n) is 2.11. The summed E-state index contributed by atoms with van der Waals surface area (Å²) in [6.07, 6.45) is 2.45. The quantitative estimate of drug-likeness (QED) is 0.675. The molecule has 0 spiro atoms. The Labute approximate surface area is 81.3 Å². The van der Waals surface area contributed by atoms with Crippen molar-refractivity contribution in [2.75, 3.05) is 7.11 Å². The predicted octanol–water partition coefficient (Wildman–Crippen LogP) is 2.06. The van der Waals surface area contributed by atoms with Crippen LogP contribution in [0.25, 0.3) is 10.9 Å². The first-order valence-corrected chi connectivity index (χ1v) is 4.23. The normalized spacial score (nSPS) is 10.1. The van der Waals surface area contributed by atoms with Gasteiger partial charge in [-0.2, -0.15) is 0 Å². The molecule has 2 aromatic rings. The van der Waals surface area contributed by atoms with Gasteiger partial charge in [0, 0.05) is 17.1 Å². The Hall–Kier alpha value is -1.90. The average Bonchev–Trinajstić information content (AvgIpc) is 2.27. The number of hydrogen-bond donors (Lipinski definition) is 0. The molecular weight excluding hydrogens is 178 g/mol. The third kappa shape index (κ3) is 1.33. The van der Waals surface area contributed by atoms with Gasteiger partial charge in [-0.25, -0.2) is 0 Å². The number of methoxy groups -OCH3 is 1. The maximum absolute atomic E-state index is 10.8. The van der Waals surface area contributed by atoms with Crippen molar-refractivity contribution in [3.8, 4) is 5.75 Å². The molecule has 3 nitrogen and oxygen atoms in total. The number of ether oxygens (including phenoxy) is 1. The maximum Gasteiger partial charge on any atom is 0.150 e. The minimum absolute atomic E-state index is 0.633. The van der Waals surface area contributed by atoms with Crippen molar-refractivity contribution < 1.29 is 9.53 Å². The summed E-state index contributed by atoms with van der Waals surface area (Å²) in [5.41, 5.74) is 1.43. The molecule has 1 aromatic heterocycles. The van der Waals surface area contributed by atoms with Crippen molar-refractivity contribution in [3.05, 3.63) is 36.0 Å². The number of aromatic nitrogens is 1. The van der Waals surface area contributed by atoms with Gasteiger partial charge in [-0.05, 0) is 24.3 Å². The first-order valence-electron chi connectivity index (χ1n) is 4.23. The Bertz CT molecular complexity index is 480. The summed E-state index contributed by atoms with van der Waals surface area (Å²) >= 11 is 0. The summed E-state index contributed by atoms with van der Waals surface area (Å²) in [6, 6.07) is 7.16. The Morgan fingerprint density at radius 1 is 1.36 bits per heavy atom. The van der Waals surface area contributed by atoms with E-state index < -0.39 is 0 Å². The zero-order chi connectivity index (χ0) is 9.97. The molecule has 1 heterocycles. The first-order chi connectivity index (χ1) is 6.85. The van der Waals surface area contributed by atoms with Crippen molar-refractivity contribution >= 4 is 17.2 Å². The number of hydrogen-bond acceptors (Lipinski definition) is 3. The Balaban J connectivity index is 2.76. The zero-order valence-electron chi connectivity index (χ0n) is 7.73. The fourth-order valence-corrected chi connectivity index (χ4v) is 1.38. The summed E-state index contributed by atoms with van der Waals surface area (Å²) in [6.45, 7) is 0.